The van der Waals surface area contributed by atoms with Crippen molar-refractivity contribution in [1.29, 1.82) is 0 Å². The Morgan fingerprint density at radius 1 is 1.27 bits per heavy atom. The van der Waals surface area contributed by atoms with E-state index in [9.17, 15) is 8.42 Å². The van der Waals surface area contributed by atoms with Crippen LogP contribution in [-0.4, -0.2) is 34.7 Å². The van der Waals surface area contributed by atoms with Gasteiger partial charge in [-0.15, -0.1) is 0 Å². The van der Waals surface area contributed by atoms with E-state index in [1.807, 2.05) is 6.08 Å². The van der Waals surface area contributed by atoms with Crippen LogP contribution in [0.25, 0.3) is 0 Å². The van der Waals surface area contributed by atoms with E-state index in [0.29, 0.717) is 24.8 Å². The van der Waals surface area contributed by atoms with Crippen LogP contribution in [0.2, 0.25) is 0 Å². The average Bonchev–Trinajstić information content (AvgIpc) is 2.52. The molecule has 0 atom stereocenters. The number of hydrogen-bond acceptors (Lipinski definition) is 4. The zero-order chi connectivity index (χ0) is 16.0. The normalized spacial score (nSPS) is 15.7. The van der Waals surface area contributed by atoms with Crippen molar-refractivity contribution in [3.8, 4) is 5.75 Å². The molecule has 1 aromatic rings. The molecule has 5 nitrogen and oxygen atoms in total. The third-order valence-electron chi connectivity index (χ3n) is 3.36. The van der Waals surface area contributed by atoms with Gasteiger partial charge >= 0.3 is 0 Å². The second kappa shape index (κ2) is 7.76. The van der Waals surface area contributed by atoms with Crippen molar-refractivity contribution in [3.05, 3.63) is 35.9 Å². The molecule has 0 saturated carbocycles. The Balaban J connectivity index is 1.95. The van der Waals surface area contributed by atoms with Gasteiger partial charge in [0.15, 0.2) is 0 Å². The van der Waals surface area contributed by atoms with E-state index >= 15 is 0 Å². The summed E-state index contributed by atoms with van der Waals surface area (Å²) in [7, 11) is -3.47. The maximum atomic E-state index is 12.3. The van der Waals surface area contributed by atoms with E-state index in [4.69, 9.17) is 4.74 Å². The minimum absolute atomic E-state index is 0.263. The van der Waals surface area contributed by atoms with Crippen molar-refractivity contribution < 1.29 is 13.2 Å². The van der Waals surface area contributed by atoms with Gasteiger partial charge in [0.25, 0.3) is 0 Å². The lowest BCUT2D eigenvalue weighted by molar-refractivity contribution is 0.271. The lowest BCUT2D eigenvalue weighted by atomic mass is 10.1. The van der Waals surface area contributed by atoms with Gasteiger partial charge in [0, 0.05) is 13.1 Å². The average molecular weight is 324 g/mol. The highest BCUT2D eigenvalue weighted by Gasteiger charge is 2.15. The molecule has 0 radical (unpaired) electrons. The van der Waals surface area contributed by atoms with E-state index in [1.54, 1.807) is 24.3 Å². The Labute approximate surface area is 132 Å². The summed E-state index contributed by atoms with van der Waals surface area (Å²) < 4.78 is 32.7. The predicted molar refractivity (Wildman–Crippen MR) is 87.5 cm³/mol. The predicted octanol–water partition coefficient (Wildman–Crippen LogP) is 1.92. The Bertz CT molecular complexity index is 607. The van der Waals surface area contributed by atoms with Crippen molar-refractivity contribution in [1.82, 2.24) is 10.0 Å². The van der Waals surface area contributed by atoms with Gasteiger partial charge in [-0.1, -0.05) is 25.5 Å². The number of ether oxygens (including phenoxy) is 1. The first-order valence-corrected chi connectivity index (χ1v) is 9.07. The minimum Gasteiger partial charge on any atom is -0.493 e. The monoisotopic (exact) mass is 324 g/mol. The summed E-state index contributed by atoms with van der Waals surface area (Å²) in [5, 5.41) is 3.20. The molecule has 22 heavy (non-hydrogen) atoms. The van der Waals surface area contributed by atoms with Crippen molar-refractivity contribution in [3.63, 3.8) is 0 Å². The van der Waals surface area contributed by atoms with Gasteiger partial charge in [-0.25, -0.2) is 13.1 Å². The SMILES string of the molecule is CC(C)COc1ccc(S(=O)(=O)NCC2=CCNCC2)cc1. The van der Waals surface area contributed by atoms with E-state index in [0.717, 1.165) is 25.1 Å². The Morgan fingerprint density at radius 3 is 2.59 bits per heavy atom. The van der Waals surface area contributed by atoms with E-state index in [1.165, 1.54) is 0 Å². The van der Waals surface area contributed by atoms with Crippen LogP contribution in [0.4, 0.5) is 0 Å². The molecule has 122 valence electrons. The Hall–Kier alpha value is -1.37. The number of nitrogens with one attached hydrogen (secondary N) is 2. The molecule has 0 aliphatic carbocycles. The van der Waals surface area contributed by atoms with Gasteiger partial charge in [0.05, 0.1) is 11.5 Å². The fraction of sp³-hybridized carbons (Fsp3) is 0.500. The molecule has 2 rings (SSSR count). The first-order chi connectivity index (χ1) is 10.5. The van der Waals surface area contributed by atoms with Gasteiger partial charge in [-0.05, 0) is 43.1 Å². The number of sulfonamides is 1. The lowest BCUT2D eigenvalue weighted by Crippen LogP contribution is -2.29. The summed E-state index contributed by atoms with van der Waals surface area (Å²) >= 11 is 0. The molecule has 0 fully saturated rings. The first kappa shape index (κ1) is 17.0. The molecule has 1 aliphatic rings. The van der Waals surface area contributed by atoms with Crippen LogP contribution in [0.15, 0.2) is 40.8 Å². The largest absolute Gasteiger partial charge is 0.493 e. The molecule has 0 aromatic heterocycles. The summed E-state index contributed by atoms with van der Waals surface area (Å²) in [6.45, 7) is 6.83. The van der Waals surface area contributed by atoms with Gasteiger partial charge in [0.2, 0.25) is 10.0 Å². The molecule has 0 saturated heterocycles. The highest BCUT2D eigenvalue weighted by molar-refractivity contribution is 7.89. The Kier molecular flexibility index (Phi) is 5.99. The maximum Gasteiger partial charge on any atom is 0.240 e. The summed E-state index contributed by atoms with van der Waals surface area (Å²) in [5.74, 6) is 1.12. The van der Waals surface area contributed by atoms with Gasteiger partial charge < -0.3 is 10.1 Å². The minimum atomic E-state index is -3.47. The zero-order valence-corrected chi connectivity index (χ0v) is 13.9. The van der Waals surface area contributed by atoms with Crippen molar-refractivity contribution in [2.75, 3.05) is 26.2 Å². The van der Waals surface area contributed by atoms with Gasteiger partial charge in [-0.3, -0.25) is 0 Å². The highest BCUT2D eigenvalue weighted by Crippen LogP contribution is 2.17. The lowest BCUT2D eigenvalue weighted by Gasteiger charge is -2.15. The van der Waals surface area contributed by atoms with Gasteiger partial charge in [-0.2, -0.15) is 0 Å². The summed E-state index contributed by atoms with van der Waals surface area (Å²) in [6.07, 6.45) is 2.92. The molecule has 6 heteroatoms. The van der Waals surface area contributed by atoms with E-state index in [-0.39, 0.29) is 4.90 Å². The number of benzene rings is 1. The Morgan fingerprint density at radius 2 is 2.00 bits per heavy atom. The molecule has 0 bridgehead atoms. The molecule has 1 heterocycles. The molecule has 1 aliphatic heterocycles. The van der Waals surface area contributed by atoms with Crippen LogP contribution in [0.3, 0.4) is 0 Å². The van der Waals surface area contributed by atoms with E-state index < -0.39 is 10.0 Å². The second-order valence-electron chi connectivity index (χ2n) is 5.82. The number of rotatable bonds is 7. The van der Waals surface area contributed by atoms with Crippen LogP contribution < -0.4 is 14.8 Å². The fourth-order valence-corrected chi connectivity index (χ4v) is 3.12. The quantitative estimate of drug-likeness (QED) is 0.752. The van der Waals surface area contributed by atoms with Crippen LogP contribution >= 0.6 is 0 Å². The maximum absolute atomic E-state index is 12.3. The third kappa shape index (κ3) is 5.12. The fourth-order valence-electron chi connectivity index (χ4n) is 2.08. The first-order valence-electron chi connectivity index (χ1n) is 7.58. The topological polar surface area (TPSA) is 67.4 Å². The summed E-state index contributed by atoms with van der Waals surface area (Å²) in [4.78, 5) is 0.263. The third-order valence-corrected chi connectivity index (χ3v) is 4.78. The molecule has 0 amide bonds. The van der Waals surface area contributed by atoms with Crippen molar-refractivity contribution in [2.24, 2.45) is 5.92 Å². The highest BCUT2D eigenvalue weighted by atomic mass is 32.2. The van der Waals surface area contributed by atoms with Crippen molar-refractivity contribution in [2.45, 2.75) is 25.2 Å². The van der Waals surface area contributed by atoms with Crippen LogP contribution in [0, 0.1) is 5.92 Å². The zero-order valence-electron chi connectivity index (χ0n) is 13.1. The molecular formula is C16H24N2O3S. The molecule has 1 aromatic carbocycles. The van der Waals surface area contributed by atoms with E-state index in [2.05, 4.69) is 23.9 Å². The standard InChI is InChI=1S/C16H24N2O3S/c1-13(2)12-21-15-3-5-16(6-4-15)22(19,20)18-11-14-7-9-17-10-8-14/h3-7,13,17-18H,8-12H2,1-2H3. The van der Waals surface area contributed by atoms with Gasteiger partial charge in [0.1, 0.15) is 5.75 Å². The van der Waals surface area contributed by atoms with Crippen LogP contribution in [-0.2, 0) is 10.0 Å². The molecule has 0 spiro atoms. The summed E-state index contributed by atoms with van der Waals surface area (Å²) in [6, 6.07) is 6.55. The second-order valence-corrected chi connectivity index (χ2v) is 7.58. The number of hydrogen-bond donors (Lipinski definition) is 2. The molecule has 0 unspecified atom stereocenters. The van der Waals surface area contributed by atoms with Crippen LogP contribution in [0.1, 0.15) is 20.3 Å². The van der Waals surface area contributed by atoms with Crippen molar-refractivity contribution >= 4 is 10.0 Å². The summed E-state index contributed by atoms with van der Waals surface area (Å²) in [5.41, 5.74) is 1.12. The van der Waals surface area contributed by atoms with Crippen LogP contribution in [0.5, 0.6) is 5.75 Å². The smallest absolute Gasteiger partial charge is 0.240 e. The molecule has 2 N–H and O–H groups in total. The molecular weight excluding hydrogens is 300 g/mol.